The number of benzene rings is 2. The van der Waals surface area contributed by atoms with Gasteiger partial charge in [-0.25, -0.2) is 0 Å². The predicted octanol–water partition coefficient (Wildman–Crippen LogP) is 3.82. The fraction of sp³-hybridized carbons (Fsp3) is 0.200. The maximum absolute atomic E-state index is 10.2. The van der Waals surface area contributed by atoms with Crippen molar-refractivity contribution in [1.82, 2.24) is 0 Å². The van der Waals surface area contributed by atoms with E-state index in [9.17, 15) is 5.11 Å². The molecule has 0 aliphatic heterocycles. The van der Waals surface area contributed by atoms with Crippen LogP contribution in [0.1, 0.15) is 24.2 Å². The highest BCUT2D eigenvalue weighted by Crippen LogP contribution is 2.24. The van der Waals surface area contributed by atoms with Crippen molar-refractivity contribution in [3.63, 3.8) is 0 Å². The van der Waals surface area contributed by atoms with Gasteiger partial charge in [-0.15, -0.1) is 0 Å². The second-order valence-electron chi connectivity index (χ2n) is 3.96. The summed E-state index contributed by atoms with van der Waals surface area (Å²) in [6.07, 6.45) is -0.641. The monoisotopic (exact) mass is 262 g/mol. The van der Waals surface area contributed by atoms with E-state index in [1.807, 2.05) is 43.3 Å². The molecule has 94 valence electrons. The molecule has 0 aromatic heterocycles. The molecule has 2 rings (SSSR count). The Morgan fingerprint density at radius 1 is 1.00 bits per heavy atom. The standard InChI is InChI=1S/C15H15ClO2/c1-2-18-14-9-5-12(6-10-14)15(17)11-3-7-13(16)8-4-11/h3-10,15,17H,2H2,1H3/t15-/m1/s1. The summed E-state index contributed by atoms with van der Waals surface area (Å²) in [6.45, 7) is 2.58. The normalized spacial score (nSPS) is 12.2. The average molecular weight is 263 g/mol. The molecule has 0 saturated carbocycles. The summed E-state index contributed by atoms with van der Waals surface area (Å²) < 4.78 is 5.36. The first-order valence-electron chi connectivity index (χ1n) is 5.87. The Hall–Kier alpha value is -1.51. The lowest BCUT2D eigenvalue weighted by Gasteiger charge is -2.12. The molecule has 0 bridgehead atoms. The summed E-state index contributed by atoms with van der Waals surface area (Å²) in [6, 6.07) is 14.6. The van der Waals surface area contributed by atoms with Gasteiger partial charge >= 0.3 is 0 Å². The third-order valence-electron chi connectivity index (χ3n) is 2.69. The first kappa shape index (κ1) is 12.9. The third kappa shape index (κ3) is 3.03. The van der Waals surface area contributed by atoms with E-state index < -0.39 is 6.10 Å². The highest BCUT2D eigenvalue weighted by molar-refractivity contribution is 6.30. The number of halogens is 1. The number of aliphatic hydroxyl groups excluding tert-OH is 1. The molecule has 0 unspecified atom stereocenters. The summed E-state index contributed by atoms with van der Waals surface area (Å²) in [4.78, 5) is 0. The Bertz CT molecular complexity index is 491. The molecule has 0 saturated heterocycles. The van der Waals surface area contributed by atoms with Crippen LogP contribution in [0.25, 0.3) is 0 Å². The van der Waals surface area contributed by atoms with E-state index in [0.717, 1.165) is 16.9 Å². The summed E-state index contributed by atoms with van der Waals surface area (Å²) in [5, 5.41) is 10.9. The quantitative estimate of drug-likeness (QED) is 0.908. The maximum atomic E-state index is 10.2. The fourth-order valence-corrected chi connectivity index (χ4v) is 1.88. The van der Waals surface area contributed by atoms with Gasteiger partial charge in [0.2, 0.25) is 0 Å². The van der Waals surface area contributed by atoms with Crippen molar-refractivity contribution in [3.8, 4) is 5.75 Å². The molecule has 0 aliphatic carbocycles. The second-order valence-corrected chi connectivity index (χ2v) is 4.39. The maximum Gasteiger partial charge on any atom is 0.119 e. The molecule has 0 radical (unpaired) electrons. The van der Waals surface area contributed by atoms with Gasteiger partial charge in [0.15, 0.2) is 0 Å². The molecular weight excluding hydrogens is 248 g/mol. The molecule has 1 N–H and O–H groups in total. The molecule has 18 heavy (non-hydrogen) atoms. The zero-order valence-corrected chi connectivity index (χ0v) is 10.9. The van der Waals surface area contributed by atoms with Gasteiger partial charge in [-0.3, -0.25) is 0 Å². The highest BCUT2D eigenvalue weighted by Gasteiger charge is 2.10. The predicted molar refractivity (Wildman–Crippen MR) is 73.1 cm³/mol. The van der Waals surface area contributed by atoms with E-state index >= 15 is 0 Å². The van der Waals surface area contributed by atoms with Crippen molar-refractivity contribution in [1.29, 1.82) is 0 Å². The van der Waals surface area contributed by atoms with E-state index in [1.165, 1.54) is 0 Å². The van der Waals surface area contributed by atoms with Gasteiger partial charge in [-0.1, -0.05) is 35.9 Å². The van der Waals surface area contributed by atoms with E-state index in [0.29, 0.717) is 11.6 Å². The van der Waals surface area contributed by atoms with Crippen molar-refractivity contribution in [2.75, 3.05) is 6.61 Å². The number of hydrogen-bond acceptors (Lipinski definition) is 2. The molecule has 2 aromatic carbocycles. The second kappa shape index (κ2) is 5.89. The molecule has 0 spiro atoms. The Labute approximate surface area is 112 Å². The van der Waals surface area contributed by atoms with Crippen LogP contribution in [-0.4, -0.2) is 11.7 Å². The Morgan fingerprint density at radius 3 is 2.00 bits per heavy atom. The number of aliphatic hydroxyl groups is 1. The van der Waals surface area contributed by atoms with Crippen molar-refractivity contribution in [2.24, 2.45) is 0 Å². The minimum atomic E-state index is -0.641. The summed E-state index contributed by atoms with van der Waals surface area (Å²) in [5.74, 6) is 0.810. The van der Waals surface area contributed by atoms with Crippen LogP contribution in [0.3, 0.4) is 0 Å². The molecule has 0 fully saturated rings. The van der Waals surface area contributed by atoms with Crippen LogP contribution in [0, 0.1) is 0 Å². The molecule has 0 amide bonds. The smallest absolute Gasteiger partial charge is 0.119 e. The SMILES string of the molecule is CCOc1ccc([C@H](O)c2ccc(Cl)cc2)cc1. The highest BCUT2D eigenvalue weighted by atomic mass is 35.5. The van der Waals surface area contributed by atoms with Crippen LogP contribution in [0.15, 0.2) is 48.5 Å². The van der Waals surface area contributed by atoms with Crippen molar-refractivity contribution in [2.45, 2.75) is 13.0 Å². The van der Waals surface area contributed by atoms with Crippen molar-refractivity contribution < 1.29 is 9.84 Å². The van der Waals surface area contributed by atoms with Gasteiger partial charge in [0.1, 0.15) is 11.9 Å². The first-order valence-corrected chi connectivity index (χ1v) is 6.25. The first-order chi connectivity index (χ1) is 8.70. The Morgan fingerprint density at radius 2 is 1.50 bits per heavy atom. The third-order valence-corrected chi connectivity index (χ3v) is 2.94. The number of hydrogen-bond donors (Lipinski definition) is 1. The van der Waals surface area contributed by atoms with Gasteiger partial charge in [-0.05, 0) is 42.3 Å². The van der Waals surface area contributed by atoms with Crippen molar-refractivity contribution in [3.05, 3.63) is 64.7 Å². The van der Waals surface area contributed by atoms with Crippen LogP contribution in [-0.2, 0) is 0 Å². The summed E-state index contributed by atoms with van der Waals surface area (Å²) >= 11 is 5.82. The van der Waals surface area contributed by atoms with E-state index in [2.05, 4.69) is 0 Å². The zero-order valence-electron chi connectivity index (χ0n) is 10.1. The van der Waals surface area contributed by atoms with E-state index in [4.69, 9.17) is 16.3 Å². The number of rotatable bonds is 4. The van der Waals surface area contributed by atoms with Gasteiger partial charge in [0.25, 0.3) is 0 Å². The topological polar surface area (TPSA) is 29.5 Å². The molecule has 1 atom stereocenters. The largest absolute Gasteiger partial charge is 0.494 e. The van der Waals surface area contributed by atoms with Gasteiger partial charge < -0.3 is 9.84 Å². The lowest BCUT2D eigenvalue weighted by atomic mass is 10.0. The lowest BCUT2D eigenvalue weighted by Crippen LogP contribution is -1.99. The van der Waals surface area contributed by atoms with Crippen LogP contribution in [0.2, 0.25) is 5.02 Å². The van der Waals surface area contributed by atoms with Gasteiger partial charge in [0.05, 0.1) is 6.61 Å². The molecule has 2 aromatic rings. The lowest BCUT2D eigenvalue weighted by molar-refractivity contribution is 0.220. The van der Waals surface area contributed by atoms with E-state index in [1.54, 1.807) is 12.1 Å². The Kier molecular flexibility index (Phi) is 4.24. The molecule has 3 heteroatoms. The summed E-state index contributed by atoms with van der Waals surface area (Å²) in [7, 11) is 0. The molecule has 0 heterocycles. The van der Waals surface area contributed by atoms with Crippen LogP contribution >= 0.6 is 11.6 Å². The van der Waals surface area contributed by atoms with Crippen LogP contribution in [0.5, 0.6) is 5.75 Å². The molecule has 2 nitrogen and oxygen atoms in total. The summed E-state index contributed by atoms with van der Waals surface area (Å²) in [5.41, 5.74) is 1.66. The van der Waals surface area contributed by atoms with E-state index in [-0.39, 0.29) is 0 Å². The molecular formula is C15H15ClO2. The average Bonchev–Trinajstić information content (AvgIpc) is 2.40. The Balaban J connectivity index is 2.17. The van der Waals surface area contributed by atoms with Gasteiger partial charge in [0, 0.05) is 5.02 Å². The minimum Gasteiger partial charge on any atom is -0.494 e. The fourth-order valence-electron chi connectivity index (χ4n) is 1.75. The minimum absolute atomic E-state index is 0.638. The zero-order chi connectivity index (χ0) is 13.0. The van der Waals surface area contributed by atoms with Crippen LogP contribution < -0.4 is 4.74 Å². The van der Waals surface area contributed by atoms with Crippen molar-refractivity contribution >= 4 is 11.6 Å². The van der Waals surface area contributed by atoms with Gasteiger partial charge in [-0.2, -0.15) is 0 Å². The van der Waals surface area contributed by atoms with Crippen LogP contribution in [0.4, 0.5) is 0 Å². The molecule has 0 aliphatic rings. The number of ether oxygens (including phenoxy) is 1.